The SMILES string of the molecule is [NH]C(=O)c1ccc(N(C=O)c2[c]cccc2)cc1. The summed E-state index contributed by atoms with van der Waals surface area (Å²) in [7, 11) is 0. The normalized spacial score (nSPS) is 9.78. The fourth-order valence-corrected chi connectivity index (χ4v) is 1.56. The fourth-order valence-electron chi connectivity index (χ4n) is 1.56. The van der Waals surface area contributed by atoms with Crippen LogP contribution in [0.3, 0.4) is 0 Å². The van der Waals surface area contributed by atoms with Crippen molar-refractivity contribution in [2.75, 3.05) is 4.90 Å². The molecule has 2 aromatic rings. The van der Waals surface area contributed by atoms with E-state index in [0.29, 0.717) is 23.3 Å². The number of hydrogen-bond acceptors (Lipinski definition) is 2. The van der Waals surface area contributed by atoms with Gasteiger partial charge in [-0.3, -0.25) is 20.2 Å². The van der Waals surface area contributed by atoms with Gasteiger partial charge in [0.25, 0.3) is 5.91 Å². The molecule has 2 amide bonds. The molecule has 0 aliphatic heterocycles. The van der Waals surface area contributed by atoms with Crippen LogP contribution in [-0.4, -0.2) is 12.3 Å². The lowest BCUT2D eigenvalue weighted by atomic mass is 10.2. The maximum Gasteiger partial charge on any atom is 0.269 e. The summed E-state index contributed by atoms with van der Waals surface area (Å²) in [6.45, 7) is 0. The maximum atomic E-state index is 11.1. The standard InChI is InChI=1S/C14H10N2O2/c15-14(18)11-6-8-13(9-7-11)16(10-17)12-4-2-1-3-5-12/h1-4,6-10,15H. The molecule has 2 aromatic carbocycles. The van der Waals surface area contributed by atoms with Crippen molar-refractivity contribution in [3.63, 3.8) is 0 Å². The van der Waals surface area contributed by atoms with Crippen molar-refractivity contribution in [1.29, 1.82) is 0 Å². The summed E-state index contributed by atoms with van der Waals surface area (Å²) in [5, 5.41) is 0. The lowest BCUT2D eigenvalue weighted by Gasteiger charge is -2.17. The Kier molecular flexibility index (Phi) is 3.38. The van der Waals surface area contributed by atoms with Crippen molar-refractivity contribution in [2.24, 2.45) is 0 Å². The van der Waals surface area contributed by atoms with Gasteiger partial charge in [-0.05, 0) is 30.3 Å². The largest absolute Gasteiger partial charge is 0.283 e. The van der Waals surface area contributed by atoms with Crippen LogP contribution in [0.15, 0.2) is 48.5 Å². The summed E-state index contributed by atoms with van der Waals surface area (Å²) in [6.07, 6.45) is 0.684. The molecule has 2 radical (unpaired) electrons. The first-order chi connectivity index (χ1) is 8.72. The highest BCUT2D eigenvalue weighted by molar-refractivity contribution is 5.93. The lowest BCUT2D eigenvalue weighted by molar-refractivity contribution is -0.106. The van der Waals surface area contributed by atoms with Crippen molar-refractivity contribution in [3.05, 3.63) is 60.2 Å². The van der Waals surface area contributed by atoms with Gasteiger partial charge < -0.3 is 0 Å². The van der Waals surface area contributed by atoms with Crippen LogP contribution in [0.25, 0.3) is 0 Å². The smallest absolute Gasteiger partial charge is 0.269 e. The van der Waals surface area contributed by atoms with E-state index in [4.69, 9.17) is 5.73 Å². The average molecular weight is 238 g/mol. The van der Waals surface area contributed by atoms with Crippen molar-refractivity contribution in [1.82, 2.24) is 5.73 Å². The molecule has 0 aliphatic carbocycles. The third kappa shape index (κ3) is 2.38. The van der Waals surface area contributed by atoms with Crippen LogP contribution in [0.5, 0.6) is 0 Å². The fraction of sp³-hybridized carbons (Fsp3) is 0. The Morgan fingerprint density at radius 2 is 1.89 bits per heavy atom. The molecule has 0 atom stereocenters. The van der Waals surface area contributed by atoms with Crippen LogP contribution in [0.1, 0.15) is 10.4 Å². The molecule has 0 heterocycles. The molecule has 2 rings (SSSR count). The highest BCUT2D eigenvalue weighted by atomic mass is 16.1. The monoisotopic (exact) mass is 238 g/mol. The number of benzene rings is 2. The van der Waals surface area contributed by atoms with E-state index in [0.717, 1.165) is 0 Å². The first-order valence-electron chi connectivity index (χ1n) is 5.29. The van der Waals surface area contributed by atoms with Crippen molar-refractivity contribution in [3.8, 4) is 0 Å². The summed E-state index contributed by atoms with van der Waals surface area (Å²) in [5.41, 5.74) is 8.52. The minimum absolute atomic E-state index is 0.293. The molecule has 0 aromatic heterocycles. The van der Waals surface area contributed by atoms with E-state index >= 15 is 0 Å². The Morgan fingerprint density at radius 3 is 2.39 bits per heavy atom. The van der Waals surface area contributed by atoms with Crippen LogP contribution in [-0.2, 0) is 4.79 Å². The molecule has 0 aliphatic rings. The van der Waals surface area contributed by atoms with E-state index in [1.54, 1.807) is 24.3 Å². The Bertz CT molecular complexity index is 550. The van der Waals surface area contributed by atoms with Crippen molar-refractivity contribution < 1.29 is 9.59 Å². The second kappa shape index (κ2) is 5.14. The van der Waals surface area contributed by atoms with E-state index in [2.05, 4.69) is 6.07 Å². The zero-order valence-corrected chi connectivity index (χ0v) is 9.46. The van der Waals surface area contributed by atoms with Gasteiger partial charge in [-0.25, -0.2) is 0 Å². The molecule has 88 valence electrons. The third-order valence-corrected chi connectivity index (χ3v) is 2.47. The van der Waals surface area contributed by atoms with Gasteiger partial charge >= 0.3 is 0 Å². The van der Waals surface area contributed by atoms with Crippen LogP contribution in [0, 0.1) is 6.07 Å². The number of nitrogens with zero attached hydrogens (tertiary/aromatic N) is 1. The lowest BCUT2D eigenvalue weighted by Crippen LogP contribution is -2.14. The van der Waals surface area contributed by atoms with Gasteiger partial charge in [-0.2, -0.15) is 0 Å². The van der Waals surface area contributed by atoms with Gasteiger partial charge in [0.2, 0.25) is 6.41 Å². The molecule has 18 heavy (non-hydrogen) atoms. The van der Waals surface area contributed by atoms with E-state index in [-0.39, 0.29) is 0 Å². The van der Waals surface area contributed by atoms with E-state index < -0.39 is 5.91 Å². The molecular weight excluding hydrogens is 228 g/mol. The minimum Gasteiger partial charge on any atom is -0.283 e. The maximum absolute atomic E-state index is 11.1. The van der Waals surface area contributed by atoms with Gasteiger partial charge in [0.1, 0.15) is 0 Å². The van der Waals surface area contributed by atoms with Gasteiger partial charge in [-0.1, -0.05) is 18.2 Å². The number of carbonyl (C=O) groups is 2. The Balaban J connectivity index is 2.34. The molecule has 4 nitrogen and oxygen atoms in total. The number of amides is 2. The molecule has 0 saturated heterocycles. The summed E-state index contributed by atoms with van der Waals surface area (Å²) < 4.78 is 0. The van der Waals surface area contributed by atoms with E-state index in [1.165, 1.54) is 17.0 Å². The van der Waals surface area contributed by atoms with Gasteiger partial charge in [0.05, 0.1) is 5.69 Å². The number of anilines is 2. The van der Waals surface area contributed by atoms with E-state index in [9.17, 15) is 9.59 Å². The van der Waals surface area contributed by atoms with Crippen LogP contribution < -0.4 is 10.6 Å². The number of carbonyl (C=O) groups excluding carboxylic acids is 2. The third-order valence-electron chi connectivity index (χ3n) is 2.47. The summed E-state index contributed by atoms with van der Waals surface area (Å²) >= 11 is 0. The Hall–Kier alpha value is -2.62. The summed E-state index contributed by atoms with van der Waals surface area (Å²) in [5.74, 6) is -0.745. The average Bonchev–Trinajstić information content (AvgIpc) is 2.41. The highest BCUT2D eigenvalue weighted by Gasteiger charge is 2.08. The molecular formula is C14H10N2O2. The first-order valence-corrected chi connectivity index (χ1v) is 5.29. The molecule has 0 saturated carbocycles. The minimum atomic E-state index is -0.745. The zero-order valence-electron chi connectivity index (χ0n) is 9.46. The predicted octanol–water partition coefficient (Wildman–Crippen LogP) is 2.20. The van der Waals surface area contributed by atoms with Crippen LogP contribution >= 0.6 is 0 Å². The second-order valence-corrected chi connectivity index (χ2v) is 3.60. The first kappa shape index (κ1) is 11.9. The number of rotatable bonds is 4. The number of nitrogens with one attached hydrogen (secondary N) is 1. The van der Waals surface area contributed by atoms with Crippen molar-refractivity contribution in [2.45, 2.75) is 0 Å². The quantitative estimate of drug-likeness (QED) is 0.766. The van der Waals surface area contributed by atoms with Crippen molar-refractivity contribution >= 4 is 23.7 Å². The van der Waals surface area contributed by atoms with E-state index in [1.807, 2.05) is 12.1 Å². The highest BCUT2D eigenvalue weighted by Crippen LogP contribution is 2.23. The Labute approximate surface area is 105 Å². The second-order valence-electron chi connectivity index (χ2n) is 3.60. The molecule has 0 unspecified atom stereocenters. The molecule has 1 N–H and O–H groups in total. The molecule has 0 fully saturated rings. The topological polar surface area (TPSA) is 61.2 Å². The number of para-hydroxylation sites is 1. The van der Waals surface area contributed by atoms with Gasteiger partial charge in [-0.15, -0.1) is 0 Å². The molecule has 4 heteroatoms. The number of hydrogen-bond donors (Lipinski definition) is 0. The van der Waals surface area contributed by atoms with Gasteiger partial charge in [0.15, 0.2) is 0 Å². The van der Waals surface area contributed by atoms with Crippen LogP contribution in [0.4, 0.5) is 11.4 Å². The Morgan fingerprint density at radius 1 is 1.17 bits per heavy atom. The predicted molar refractivity (Wildman–Crippen MR) is 67.4 cm³/mol. The van der Waals surface area contributed by atoms with Crippen LogP contribution in [0.2, 0.25) is 0 Å². The summed E-state index contributed by atoms with van der Waals surface area (Å²) in [4.78, 5) is 23.4. The molecule has 0 spiro atoms. The van der Waals surface area contributed by atoms with Gasteiger partial charge in [0, 0.05) is 17.3 Å². The summed E-state index contributed by atoms with van der Waals surface area (Å²) in [6, 6.07) is 16.3. The molecule has 0 bridgehead atoms. The zero-order chi connectivity index (χ0) is 13.0.